The molecule has 0 unspecified atom stereocenters. The summed E-state index contributed by atoms with van der Waals surface area (Å²) in [6, 6.07) is 3.80. The van der Waals surface area contributed by atoms with Crippen LogP contribution in [-0.2, 0) is 28.5 Å². The number of carbonyl (C=O) groups excluding carboxylic acids is 2. The van der Waals surface area contributed by atoms with Crippen LogP contribution in [0.25, 0.3) is 0 Å². The molecule has 29 heavy (non-hydrogen) atoms. The van der Waals surface area contributed by atoms with Gasteiger partial charge < -0.3 is 9.88 Å². The molecule has 0 atom stereocenters. The van der Waals surface area contributed by atoms with Crippen LogP contribution in [-0.4, -0.2) is 22.9 Å². The minimum Gasteiger partial charge on any atom is -0.323 e. The van der Waals surface area contributed by atoms with Crippen molar-refractivity contribution in [1.82, 2.24) is 4.57 Å². The van der Waals surface area contributed by atoms with E-state index < -0.39 is 53.9 Å². The van der Waals surface area contributed by atoms with Gasteiger partial charge >= 0.3 is 12.4 Å². The van der Waals surface area contributed by atoms with Gasteiger partial charge in [-0.1, -0.05) is 0 Å². The summed E-state index contributed by atoms with van der Waals surface area (Å²) in [4.78, 5) is 37.1. The Morgan fingerprint density at radius 1 is 1.03 bits per heavy atom. The molecule has 0 aliphatic carbocycles. The van der Waals surface area contributed by atoms with E-state index in [0.717, 1.165) is 23.2 Å². The van der Waals surface area contributed by atoms with Crippen molar-refractivity contribution in [2.75, 3.05) is 16.8 Å². The highest BCUT2D eigenvalue weighted by molar-refractivity contribution is 6.09. The Labute approximate surface area is 158 Å². The molecule has 6 nitrogen and oxygen atoms in total. The summed E-state index contributed by atoms with van der Waals surface area (Å²) in [6.07, 6.45) is -8.64. The van der Waals surface area contributed by atoms with Crippen LogP contribution < -0.4 is 15.8 Å². The number of rotatable bonds is 2. The van der Waals surface area contributed by atoms with Crippen LogP contribution in [0.5, 0.6) is 0 Å². The van der Waals surface area contributed by atoms with Crippen LogP contribution in [0.3, 0.4) is 0 Å². The molecule has 1 aliphatic rings. The van der Waals surface area contributed by atoms with Gasteiger partial charge in [-0.3, -0.25) is 19.3 Å². The third kappa shape index (κ3) is 4.10. The van der Waals surface area contributed by atoms with Crippen LogP contribution in [0.1, 0.15) is 11.1 Å². The van der Waals surface area contributed by atoms with Gasteiger partial charge in [-0.15, -0.1) is 0 Å². The number of hydrogen-bond acceptors (Lipinski definition) is 3. The van der Waals surface area contributed by atoms with E-state index in [1.165, 1.54) is 0 Å². The summed E-state index contributed by atoms with van der Waals surface area (Å²) in [5.41, 5.74) is -4.33. The number of nitrogens with one attached hydrogen (secondary N) is 1. The Kier molecular flexibility index (Phi) is 4.89. The number of hydrogen-bond donors (Lipinski definition) is 1. The molecule has 0 saturated heterocycles. The molecule has 0 saturated carbocycles. The van der Waals surface area contributed by atoms with E-state index in [9.17, 15) is 40.7 Å². The van der Waals surface area contributed by atoms with Crippen LogP contribution in [0, 0.1) is 0 Å². The molecule has 3 rings (SSSR count). The van der Waals surface area contributed by atoms with Crippen molar-refractivity contribution in [2.24, 2.45) is 0 Å². The molecule has 2 aromatic rings. The van der Waals surface area contributed by atoms with Gasteiger partial charge in [-0.25, -0.2) is 0 Å². The smallest absolute Gasteiger partial charge is 0.323 e. The first-order chi connectivity index (χ1) is 13.4. The van der Waals surface area contributed by atoms with Crippen molar-refractivity contribution in [1.29, 1.82) is 0 Å². The van der Waals surface area contributed by atoms with E-state index in [0.29, 0.717) is 22.8 Å². The standard InChI is InChI=1S/C17H11F6N3O3/c18-16(19,20)9-3-4-12-11(6-9)24-13(27)7-26(12)14(28)8-25-5-1-2-10(15(25)29)17(21,22)23/h1-6H,7-8H2,(H,24,27). The van der Waals surface area contributed by atoms with E-state index >= 15 is 0 Å². The second-order valence-corrected chi connectivity index (χ2v) is 6.11. The Morgan fingerprint density at radius 2 is 1.72 bits per heavy atom. The molecule has 12 heteroatoms. The Morgan fingerprint density at radius 3 is 2.34 bits per heavy atom. The summed E-state index contributed by atoms with van der Waals surface area (Å²) in [6.45, 7) is -1.40. The third-order valence-corrected chi connectivity index (χ3v) is 4.12. The molecule has 154 valence electrons. The predicted octanol–water partition coefficient (Wildman–Crippen LogP) is 2.87. The fourth-order valence-corrected chi connectivity index (χ4v) is 2.80. The molecule has 1 N–H and O–H groups in total. The fraction of sp³-hybridized carbons (Fsp3) is 0.235. The number of aromatic nitrogens is 1. The van der Waals surface area contributed by atoms with Gasteiger partial charge in [-0.05, 0) is 30.3 Å². The molecule has 1 aliphatic heterocycles. The summed E-state index contributed by atoms with van der Waals surface area (Å²) in [7, 11) is 0. The molecule has 0 fully saturated rings. The maximum atomic E-state index is 12.9. The van der Waals surface area contributed by atoms with Gasteiger partial charge in [0.25, 0.3) is 5.56 Å². The minimum atomic E-state index is -4.92. The lowest BCUT2D eigenvalue weighted by Crippen LogP contribution is -2.45. The average Bonchev–Trinajstić information content (AvgIpc) is 2.60. The second kappa shape index (κ2) is 6.94. The monoisotopic (exact) mass is 419 g/mol. The first kappa shape index (κ1) is 20.4. The van der Waals surface area contributed by atoms with Crippen molar-refractivity contribution >= 4 is 23.2 Å². The van der Waals surface area contributed by atoms with Crippen molar-refractivity contribution in [3.63, 3.8) is 0 Å². The molecule has 1 aromatic heterocycles. The second-order valence-electron chi connectivity index (χ2n) is 6.11. The molecule has 0 bridgehead atoms. The summed E-state index contributed by atoms with van der Waals surface area (Å²) in [5.74, 6) is -1.73. The number of alkyl halides is 6. The number of amides is 2. The van der Waals surface area contributed by atoms with Crippen LogP contribution >= 0.6 is 0 Å². The van der Waals surface area contributed by atoms with Gasteiger partial charge in [0.05, 0.1) is 16.9 Å². The Hall–Kier alpha value is -3.31. The van der Waals surface area contributed by atoms with Crippen LogP contribution in [0.4, 0.5) is 37.7 Å². The van der Waals surface area contributed by atoms with Gasteiger partial charge in [0, 0.05) is 6.20 Å². The number of fused-ring (bicyclic) bond motifs is 1. The molecule has 2 amide bonds. The van der Waals surface area contributed by atoms with Crippen LogP contribution in [0.2, 0.25) is 0 Å². The molecule has 2 heterocycles. The van der Waals surface area contributed by atoms with E-state index in [-0.39, 0.29) is 11.4 Å². The highest BCUT2D eigenvalue weighted by Gasteiger charge is 2.36. The van der Waals surface area contributed by atoms with Crippen molar-refractivity contribution in [3.05, 3.63) is 58.0 Å². The molecular weight excluding hydrogens is 408 g/mol. The zero-order valence-corrected chi connectivity index (χ0v) is 14.3. The van der Waals surface area contributed by atoms with Crippen molar-refractivity contribution < 1.29 is 35.9 Å². The fourth-order valence-electron chi connectivity index (χ4n) is 2.80. The predicted molar refractivity (Wildman–Crippen MR) is 88.1 cm³/mol. The first-order valence-corrected chi connectivity index (χ1v) is 7.96. The lowest BCUT2D eigenvalue weighted by atomic mass is 10.1. The normalized spacial score (nSPS) is 14.4. The number of nitrogens with zero attached hydrogens (tertiary/aromatic N) is 2. The van der Waals surface area contributed by atoms with Crippen LogP contribution in [0.15, 0.2) is 41.3 Å². The van der Waals surface area contributed by atoms with E-state index in [1.807, 2.05) is 0 Å². The summed E-state index contributed by atoms with van der Waals surface area (Å²) < 4.78 is 77.6. The highest BCUT2D eigenvalue weighted by Crippen LogP contribution is 2.37. The van der Waals surface area contributed by atoms with Crippen molar-refractivity contribution in [3.8, 4) is 0 Å². The third-order valence-electron chi connectivity index (χ3n) is 4.12. The Bertz CT molecular complexity index is 1040. The lowest BCUT2D eigenvalue weighted by Gasteiger charge is -2.30. The number of benzene rings is 1. The van der Waals surface area contributed by atoms with Gasteiger partial charge in [0.15, 0.2) is 0 Å². The van der Waals surface area contributed by atoms with E-state index in [1.54, 1.807) is 0 Å². The molecule has 1 aromatic carbocycles. The largest absolute Gasteiger partial charge is 0.421 e. The summed E-state index contributed by atoms with van der Waals surface area (Å²) in [5, 5.41) is 2.21. The van der Waals surface area contributed by atoms with Gasteiger partial charge in [0.1, 0.15) is 18.7 Å². The van der Waals surface area contributed by atoms with Crippen molar-refractivity contribution in [2.45, 2.75) is 18.9 Å². The average molecular weight is 419 g/mol. The quantitative estimate of drug-likeness (QED) is 0.762. The topological polar surface area (TPSA) is 71.4 Å². The number of anilines is 2. The SMILES string of the molecule is O=C1CN(C(=O)Cn2cccc(C(F)(F)F)c2=O)c2ccc(C(F)(F)F)cc2N1. The lowest BCUT2D eigenvalue weighted by molar-refractivity contribution is -0.139. The molecular formula is C17H11F6N3O3. The highest BCUT2D eigenvalue weighted by atomic mass is 19.4. The summed E-state index contributed by atoms with van der Waals surface area (Å²) >= 11 is 0. The van der Waals surface area contributed by atoms with E-state index in [2.05, 4.69) is 5.32 Å². The maximum Gasteiger partial charge on any atom is 0.421 e. The minimum absolute atomic E-state index is 0.0670. The molecule has 0 radical (unpaired) electrons. The Balaban J connectivity index is 1.94. The zero-order valence-electron chi connectivity index (χ0n) is 14.3. The number of carbonyl (C=O) groups is 2. The van der Waals surface area contributed by atoms with Gasteiger partial charge in [-0.2, -0.15) is 26.3 Å². The zero-order chi connectivity index (χ0) is 21.6. The molecule has 0 spiro atoms. The number of halogens is 6. The maximum absolute atomic E-state index is 12.9. The van der Waals surface area contributed by atoms with E-state index in [4.69, 9.17) is 0 Å². The number of pyridine rings is 1. The first-order valence-electron chi connectivity index (χ1n) is 7.96. The van der Waals surface area contributed by atoms with Gasteiger partial charge in [0.2, 0.25) is 11.8 Å².